The van der Waals surface area contributed by atoms with Crippen molar-refractivity contribution in [2.24, 2.45) is 0 Å². The van der Waals surface area contributed by atoms with Gasteiger partial charge in [-0.15, -0.1) is 0 Å². The van der Waals surface area contributed by atoms with Gasteiger partial charge in [0, 0.05) is 30.1 Å². The zero-order chi connectivity index (χ0) is 22.4. The van der Waals surface area contributed by atoms with E-state index in [1.54, 1.807) is 36.7 Å². The molecule has 1 amide bonds. The quantitative estimate of drug-likeness (QED) is 0.385. The Bertz CT molecular complexity index is 1280. The lowest BCUT2D eigenvalue weighted by atomic mass is 9.94. The average molecular weight is 426 g/mol. The third kappa shape index (κ3) is 3.15. The third-order valence-electron chi connectivity index (χ3n) is 6.05. The minimum Gasteiger partial charge on any atom is -0.507 e. The first-order valence-corrected chi connectivity index (χ1v) is 10.5. The summed E-state index contributed by atoms with van der Waals surface area (Å²) in [5, 5.41) is 11.3. The molecule has 1 unspecified atom stereocenters. The molecule has 5 rings (SSSR count). The van der Waals surface area contributed by atoms with Gasteiger partial charge in [-0.1, -0.05) is 12.1 Å². The van der Waals surface area contributed by atoms with Crippen LogP contribution in [-0.4, -0.2) is 28.4 Å². The molecule has 0 aliphatic carbocycles. The van der Waals surface area contributed by atoms with Gasteiger partial charge in [-0.2, -0.15) is 0 Å². The number of anilines is 1. The molecule has 6 heteroatoms. The van der Waals surface area contributed by atoms with Crippen molar-refractivity contribution in [2.45, 2.75) is 26.3 Å². The Balaban J connectivity index is 1.73. The summed E-state index contributed by atoms with van der Waals surface area (Å²) < 4.78 is 5.55. The number of nitrogens with zero attached hydrogens (tertiary/aromatic N) is 2. The van der Waals surface area contributed by atoms with Gasteiger partial charge in [0.25, 0.3) is 11.7 Å². The molecule has 3 heterocycles. The number of aliphatic hydroxyl groups excluding tert-OH is 1. The second kappa shape index (κ2) is 7.64. The van der Waals surface area contributed by atoms with Crippen molar-refractivity contribution >= 4 is 23.1 Å². The van der Waals surface area contributed by atoms with Gasteiger partial charge in [0.15, 0.2) is 0 Å². The molecule has 2 aromatic carbocycles. The van der Waals surface area contributed by atoms with Crippen LogP contribution in [0.1, 0.15) is 33.9 Å². The van der Waals surface area contributed by atoms with Crippen LogP contribution in [0.15, 0.2) is 66.5 Å². The number of rotatable bonds is 3. The number of fused-ring (bicyclic) bond motifs is 1. The van der Waals surface area contributed by atoms with Crippen LogP contribution in [0.25, 0.3) is 5.76 Å². The molecule has 160 valence electrons. The molecule has 0 bridgehead atoms. The van der Waals surface area contributed by atoms with Crippen LogP contribution in [0, 0.1) is 13.8 Å². The van der Waals surface area contributed by atoms with Gasteiger partial charge in [-0.05, 0) is 72.5 Å². The Morgan fingerprint density at radius 1 is 1.06 bits per heavy atom. The number of amides is 1. The monoisotopic (exact) mass is 426 g/mol. The summed E-state index contributed by atoms with van der Waals surface area (Å²) in [6.07, 6.45) is 3.97. The number of carbonyl (C=O) groups is 2. The predicted octanol–water partition coefficient (Wildman–Crippen LogP) is 4.26. The van der Waals surface area contributed by atoms with Gasteiger partial charge >= 0.3 is 0 Å². The Morgan fingerprint density at radius 2 is 1.84 bits per heavy atom. The summed E-state index contributed by atoms with van der Waals surface area (Å²) in [7, 11) is 0. The van der Waals surface area contributed by atoms with E-state index < -0.39 is 17.7 Å². The summed E-state index contributed by atoms with van der Waals surface area (Å²) in [5.74, 6) is -0.774. The molecule has 1 atom stereocenters. The van der Waals surface area contributed by atoms with Crippen molar-refractivity contribution in [1.82, 2.24) is 4.98 Å². The predicted molar refractivity (Wildman–Crippen MR) is 121 cm³/mol. The molecular weight excluding hydrogens is 404 g/mol. The number of aliphatic hydroxyl groups is 1. The van der Waals surface area contributed by atoms with E-state index in [4.69, 9.17) is 4.74 Å². The normalized spacial score (nSPS) is 19.2. The SMILES string of the molecule is Cc1ccc(C)c(N2C(=O)C(=O)/C(=C(\O)c3ccc4c(c3)CCO4)C2c2ccncc2)c1. The maximum Gasteiger partial charge on any atom is 0.300 e. The molecule has 3 aromatic rings. The zero-order valence-electron chi connectivity index (χ0n) is 17.8. The Morgan fingerprint density at radius 3 is 2.62 bits per heavy atom. The lowest BCUT2D eigenvalue weighted by molar-refractivity contribution is -0.132. The number of Topliss-reactive ketones (excluding diaryl/α,β-unsaturated/α-hetero) is 1. The lowest BCUT2D eigenvalue weighted by Crippen LogP contribution is -2.30. The largest absolute Gasteiger partial charge is 0.507 e. The molecule has 6 nitrogen and oxygen atoms in total. The fourth-order valence-electron chi connectivity index (χ4n) is 4.41. The van der Waals surface area contributed by atoms with E-state index in [0.29, 0.717) is 23.4 Å². The molecule has 1 N–H and O–H groups in total. The highest BCUT2D eigenvalue weighted by atomic mass is 16.5. The molecule has 0 radical (unpaired) electrons. The number of carbonyl (C=O) groups excluding carboxylic acids is 2. The Labute approximate surface area is 185 Å². The first-order chi connectivity index (χ1) is 15.5. The molecular formula is C26H22N2O4. The fraction of sp³-hybridized carbons (Fsp3) is 0.192. The molecule has 0 saturated carbocycles. The number of hydrogen-bond acceptors (Lipinski definition) is 5. The van der Waals surface area contributed by atoms with E-state index in [1.807, 2.05) is 38.1 Å². The van der Waals surface area contributed by atoms with Crippen LogP contribution in [0.4, 0.5) is 5.69 Å². The van der Waals surface area contributed by atoms with Crippen molar-refractivity contribution in [3.05, 3.63) is 94.3 Å². The van der Waals surface area contributed by atoms with Crippen LogP contribution in [-0.2, 0) is 16.0 Å². The van der Waals surface area contributed by atoms with E-state index in [-0.39, 0.29) is 11.3 Å². The van der Waals surface area contributed by atoms with E-state index >= 15 is 0 Å². The summed E-state index contributed by atoms with van der Waals surface area (Å²) in [6.45, 7) is 4.43. The molecule has 32 heavy (non-hydrogen) atoms. The zero-order valence-corrected chi connectivity index (χ0v) is 17.8. The Hall–Kier alpha value is -3.93. The van der Waals surface area contributed by atoms with Crippen LogP contribution in [0.3, 0.4) is 0 Å². The number of benzene rings is 2. The number of aryl methyl sites for hydroxylation is 2. The van der Waals surface area contributed by atoms with E-state index in [9.17, 15) is 14.7 Å². The van der Waals surface area contributed by atoms with Crippen molar-refractivity contribution in [1.29, 1.82) is 0 Å². The highest BCUT2D eigenvalue weighted by molar-refractivity contribution is 6.51. The number of ketones is 1. The lowest BCUT2D eigenvalue weighted by Gasteiger charge is -2.27. The first-order valence-electron chi connectivity index (χ1n) is 10.5. The Kier molecular flexibility index (Phi) is 4.78. The van der Waals surface area contributed by atoms with Crippen molar-refractivity contribution in [2.75, 3.05) is 11.5 Å². The van der Waals surface area contributed by atoms with Crippen molar-refractivity contribution in [3.63, 3.8) is 0 Å². The van der Waals surface area contributed by atoms with Crippen LogP contribution in [0.2, 0.25) is 0 Å². The number of aromatic nitrogens is 1. The van der Waals surface area contributed by atoms with E-state index in [1.165, 1.54) is 4.90 Å². The number of ether oxygens (including phenoxy) is 1. The van der Waals surface area contributed by atoms with Gasteiger partial charge in [-0.25, -0.2) is 0 Å². The smallest absolute Gasteiger partial charge is 0.300 e. The average Bonchev–Trinajstić information content (AvgIpc) is 3.38. The van der Waals surface area contributed by atoms with Crippen LogP contribution >= 0.6 is 0 Å². The van der Waals surface area contributed by atoms with E-state index in [2.05, 4.69) is 4.98 Å². The second-order valence-electron chi connectivity index (χ2n) is 8.16. The standard InChI is InChI=1S/C26H22N2O4/c1-15-3-4-16(2)20(13-15)28-23(17-7-10-27-11-8-17)22(25(30)26(28)31)24(29)19-5-6-21-18(14-19)9-12-32-21/h3-8,10-11,13-14,23,29H,9,12H2,1-2H3/b24-22-. The van der Waals surface area contributed by atoms with Gasteiger partial charge in [0.05, 0.1) is 18.2 Å². The number of pyridine rings is 1. The van der Waals surface area contributed by atoms with Crippen LogP contribution in [0.5, 0.6) is 5.75 Å². The first kappa shape index (κ1) is 20.0. The van der Waals surface area contributed by atoms with Gasteiger partial charge in [0.1, 0.15) is 11.5 Å². The fourth-order valence-corrected chi connectivity index (χ4v) is 4.41. The highest BCUT2D eigenvalue weighted by Gasteiger charge is 2.47. The summed E-state index contributed by atoms with van der Waals surface area (Å²) in [4.78, 5) is 32.1. The van der Waals surface area contributed by atoms with Gasteiger partial charge in [-0.3, -0.25) is 19.5 Å². The van der Waals surface area contributed by atoms with Crippen molar-refractivity contribution < 1.29 is 19.4 Å². The second-order valence-corrected chi connectivity index (χ2v) is 8.16. The van der Waals surface area contributed by atoms with Gasteiger partial charge in [0.2, 0.25) is 0 Å². The topological polar surface area (TPSA) is 79.7 Å². The molecule has 0 spiro atoms. The van der Waals surface area contributed by atoms with Crippen LogP contribution < -0.4 is 9.64 Å². The minimum atomic E-state index is -0.761. The molecule has 2 aliphatic heterocycles. The minimum absolute atomic E-state index is 0.0703. The summed E-state index contributed by atoms with van der Waals surface area (Å²) in [6, 6.07) is 13.9. The molecule has 2 aliphatic rings. The maximum atomic E-state index is 13.3. The van der Waals surface area contributed by atoms with Crippen molar-refractivity contribution in [3.8, 4) is 5.75 Å². The number of hydrogen-bond donors (Lipinski definition) is 1. The van der Waals surface area contributed by atoms with E-state index in [0.717, 1.165) is 28.9 Å². The molecule has 1 fully saturated rings. The molecule has 1 aromatic heterocycles. The third-order valence-corrected chi connectivity index (χ3v) is 6.05. The summed E-state index contributed by atoms with van der Waals surface area (Å²) >= 11 is 0. The highest BCUT2D eigenvalue weighted by Crippen LogP contribution is 2.43. The summed E-state index contributed by atoms with van der Waals surface area (Å²) in [5.41, 5.74) is 4.72. The maximum absolute atomic E-state index is 13.3. The molecule has 1 saturated heterocycles. The van der Waals surface area contributed by atoms with Gasteiger partial charge < -0.3 is 9.84 Å².